The van der Waals surface area contributed by atoms with Crippen molar-refractivity contribution >= 4 is 40.8 Å². The van der Waals surface area contributed by atoms with Gasteiger partial charge in [0.25, 0.3) is 5.91 Å². The van der Waals surface area contributed by atoms with Gasteiger partial charge in [-0.3, -0.25) is 9.59 Å². The fourth-order valence-electron chi connectivity index (χ4n) is 2.02. The summed E-state index contributed by atoms with van der Waals surface area (Å²) in [5.74, 6) is -1.52. The Morgan fingerprint density at radius 1 is 1.12 bits per heavy atom. The molecule has 1 N–H and O–H groups in total. The van der Waals surface area contributed by atoms with E-state index in [1.165, 1.54) is 19.2 Å². The van der Waals surface area contributed by atoms with Crippen LogP contribution in [-0.4, -0.2) is 25.6 Å². The molecule has 0 aliphatic carbocycles. The molecule has 0 atom stereocenters. The zero-order chi connectivity index (χ0) is 18.4. The second-order valence-corrected chi connectivity index (χ2v) is 5.84. The van der Waals surface area contributed by atoms with Crippen LogP contribution in [0.2, 0.25) is 10.0 Å². The molecule has 0 saturated carbocycles. The molecule has 0 unspecified atom stereocenters. The first-order chi connectivity index (χ1) is 11.9. The SMILES string of the molecule is COc1ccc(Cl)cc1CC(=O)OCC(=O)Nc1ccc(Cl)cc1F. The van der Waals surface area contributed by atoms with Gasteiger partial charge in [-0.25, -0.2) is 4.39 Å². The van der Waals surface area contributed by atoms with E-state index in [0.29, 0.717) is 16.3 Å². The number of hydrogen-bond donors (Lipinski definition) is 1. The molecule has 25 heavy (non-hydrogen) atoms. The Balaban J connectivity index is 1.89. The van der Waals surface area contributed by atoms with Crippen molar-refractivity contribution in [3.8, 4) is 5.75 Å². The number of esters is 1. The average Bonchev–Trinajstić information content (AvgIpc) is 2.56. The van der Waals surface area contributed by atoms with Gasteiger partial charge in [0.05, 0.1) is 19.2 Å². The van der Waals surface area contributed by atoms with Gasteiger partial charge < -0.3 is 14.8 Å². The zero-order valence-electron chi connectivity index (χ0n) is 13.1. The molecule has 2 aromatic carbocycles. The van der Waals surface area contributed by atoms with E-state index in [4.69, 9.17) is 32.7 Å². The summed E-state index contributed by atoms with van der Waals surface area (Å²) in [5.41, 5.74) is 0.478. The fraction of sp³-hybridized carbons (Fsp3) is 0.176. The van der Waals surface area contributed by atoms with Crippen molar-refractivity contribution in [2.24, 2.45) is 0 Å². The smallest absolute Gasteiger partial charge is 0.310 e. The molecular formula is C17H14Cl2FNO4. The first-order valence-corrected chi connectivity index (χ1v) is 7.87. The highest BCUT2D eigenvalue weighted by Crippen LogP contribution is 2.23. The zero-order valence-corrected chi connectivity index (χ0v) is 14.7. The van der Waals surface area contributed by atoms with Crippen LogP contribution in [0.25, 0.3) is 0 Å². The van der Waals surface area contributed by atoms with E-state index in [-0.39, 0.29) is 17.1 Å². The summed E-state index contributed by atoms with van der Waals surface area (Å²) in [6, 6.07) is 8.63. The molecule has 0 aliphatic rings. The van der Waals surface area contributed by atoms with Gasteiger partial charge in [-0.1, -0.05) is 23.2 Å². The average molecular weight is 386 g/mol. The molecule has 2 aromatic rings. The maximum Gasteiger partial charge on any atom is 0.310 e. The molecule has 0 heterocycles. The molecule has 132 valence electrons. The monoisotopic (exact) mass is 385 g/mol. The Morgan fingerprint density at radius 3 is 2.48 bits per heavy atom. The number of rotatable bonds is 6. The largest absolute Gasteiger partial charge is 0.496 e. The number of methoxy groups -OCH3 is 1. The van der Waals surface area contributed by atoms with E-state index in [1.54, 1.807) is 18.2 Å². The number of benzene rings is 2. The lowest BCUT2D eigenvalue weighted by Gasteiger charge is -2.10. The van der Waals surface area contributed by atoms with Crippen LogP contribution in [0.15, 0.2) is 36.4 Å². The molecular weight excluding hydrogens is 372 g/mol. The lowest BCUT2D eigenvalue weighted by molar-refractivity contribution is -0.146. The van der Waals surface area contributed by atoms with Crippen LogP contribution >= 0.6 is 23.2 Å². The fourth-order valence-corrected chi connectivity index (χ4v) is 2.37. The van der Waals surface area contributed by atoms with Crippen LogP contribution < -0.4 is 10.1 Å². The van der Waals surface area contributed by atoms with Gasteiger partial charge >= 0.3 is 5.97 Å². The quantitative estimate of drug-likeness (QED) is 0.766. The number of carbonyl (C=O) groups excluding carboxylic acids is 2. The number of anilines is 1. The molecule has 8 heteroatoms. The third-order valence-electron chi connectivity index (χ3n) is 3.15. The van der Waals surface area contributed by atoms with Crippen LogP contribution in [0.1, 0.15) is 5.56 Å². The van der Waals surface area contributed by atoms with Crippen LogP contribution in [0.5, 0.6) is 5.75 Å². The Labute approximate surface area is 153 Å². The molecule has 0 aromatic heterocycles. The first-order valence-electron chi connectivity index (χ1n) is 7.12. The summed E-state index contributed by atoms with van der Waals surface area (Å²) in [6.45, 7) is -0.552. The van der Waals surface area contributed by atoms with Gasteiger partial charge in [0.2, 0.25) is 0 Å². The number of amides is 1. The molecule has 5 nitrogen and oxygen atoms in total. The van der Waals surface area contributed by atoms with Gasteiger partial charge in [0.15, 0.2) is 6.61 Å². The molecule has 0 aliphatic heterocycles. The van der Waals surface area contributed by atoms with Gasteiger partial charge in [-0.2, -0.15) is 0 Å². The third kappa shape index (κ3) is 5.62. The second kappa shape index (κ2) is 8.69. The van der Waals surface area contributed by atoms with E-state index in [0.717, 1.165) is 6.07 Å². The van der Waals surface area contributed by atoms with Crippen LogP contribution in [0, 0.1) is 5.82 Å². The number of hydrogen-bond acceptors (Lipinski definition) is 4. The summed E-state index contributed by atoms with van der Waals surface area (Å²) < 4.78 is 23.6. The molecule has 0 spiro atoms. The molecule has 0 bridgehead atoms. The Hall–Kier alpha value is -2.31. The molecule has 2 rings (SSSR count). The molecule has 0 fully saturated rings. The van der Waals surface area contributed by atoms with E-state index in [9.17, 15) is 14.0 Å². The van der Waals surface area contributed by atoms with E-state index in [2.05, 4.69) is 5.32 Å². The number of carbonyl (C=O) groups is 2. The van der Waals surface area contributed by atoms with Gasteiger partial charge in [0.1, 0.15) is 11.6 Å². The summed E-state index contributed by atoms with van der Waals surface area (Å²) >= 11 is 11.5. The van der Waals surface area contributed by atoms with Crippen LogP contribution in [0.4, 0.5) is 10.1 Å². The maximum absolute atomic E-state index is 13.6. The highest BCUT2D eigenvalue weighted by atomic mass is 35.5. The van der Waals surface area contributed by atoms with E-state index >= 15 is 0 Å². The maximum atomic E-state index is 13.6. The van der Waals surface area contributed by atoms with Gasteiger partial charge in [-0.15, -0.1) is 0 Å². The minimum atomic E-state index is -0.684. The van der Waals surface area contributed by atoms with Crippen molar-refractivity contribution in [2.75, 3.05) is 19.0 Å². The summed E-state index contributed by atoms with van der Waals surface area (Å²) in [4.78, 5) is 23.6. The van der Waals surface area contributed by atoms with Crippen molar-refractivity contribution in [3.63, 3.8) is 0 Å². The second-order valence-electron chi connectivity index (χ2n) is 4.97. The summed E-state index contributed by atoms with van der Waals surface area (Å²) in [6.07, 6.45) is -0.119. The third-order valence-corrected chi connectivity index (χ3v) is 3.62. The van der Waals surface area contributed by atoms with Crippen molar-refractivity contribution in [1.82, 2.24) is 0 Å². The predicted molar refractivity (Wildman–Crippen MR) is 92.7 cm³/mol. The Bertz CT molecular complexity index is 798. The van der Waals surface area contributed by atoms with Gasteiger partial charge in [0, 0.05) is 15.6 Å². The number of nitrogens with one attached hydrogen (secondary N) is 1. The van der Waals surface area contributed by atoms with E-state index < -0.39 is 24.3 Å². The van der Waals surface area contributed by atoms with E-state index in [1.807, 2.05) is 0 Å². The van der Waals surface area contributed by atoms with Crippen LogP contribution in [0.3, 0.4) is 0 Å². The summed E-state index contributed by atoms with van der Waals surface area (Å²) in [7, 11) is 1.46. The first kappa shape index (κ1) is 19.0. The molecule has 1 amide bonds. The van der Waals surface area contributed by atoms with Crippen LogP contribution in [-0.2, 0) is 20.7 Å². The Morgan fingerprint density at radius 2 is 1.80 bits per heavy atom. The Kier molecular flexibility index (Phi) is 6.61. The minimum absolute atomic E-state index is 0.0537. The molecule has 0 radical (unpaired) electrons. The lowest BCUT2D eigenvalue weighted by atomic mass is 10.1. The van der Waals surface area contributed by atoms with Gasteiger partial charge in [-0.05, 0) is 36.4 Å². The number of ether oxygens (including phenoxy) is 2. The molecule has 0 saturated heterocycles. The lowest BCUT2D eigenvalue weighted by Crippen LogP contribution is -2.22. The van der Waals surface area contributed by atoms with Crippen molar-refractivity contribution < 1.29 is 23.5 Å². The van der Waals surface area contributed by atoms with Crippen molar-refractivity contribution in [3.05, 3.63) is 57.8 Å². The normalized spacial score (nSPS) is 10.2. The van der Waals surface area contributed by atoms with Crippen molar-refractivity contribution in [1.29, 1.82) is 0 Å². The topological polar surface area (TPSA) is 64.6 Å². The number of halogens is 3. The standard InChI is InChI=1S/C17H14Cl2FNO4/c1-24-15-5-3-11(18)6-10(15)7-17(23)25-9-16(22)21-14-4-2-12(19)8-13(14)20/h2-6,8H,7,9H2,1H3,(H,21,22). The highest BCUT2D eigenvalue weighted by molar-refractivity contribution is 6.31. The predicted octanol–water partition coefficient (Wildman–Crippen LogP) is 3.87. The van der Waals surface area contributed by atoms with Crippen molar-refractivity contribution in [2.45, 2.75) is 6.42 Å². The summed E-state index contributed by atoms with van der Waals surface area (Å²) in [5, 5.41) is 2.94. The highest BCUT2D eigenvalue weighted by Gasteiger charge is 2.13. The minimum Gasteiger partial charge on any atom is -0.496 e.